The molecular weight excluding hydrogens is 272 g/mol. The highest BCUT2D eigenvalue weighted by atomic mass is 16.5. The Hall–Kier alpha value is -4.12. The van der Waals surface area contributed by atoms with Crippen molar-refractivity contribution in [2.45, 2.75) is 11.2 Å². The zero-order valence-electron chi connectivity index (χ0n) is 10.1. The lowest BCUT2D eigenvalue weighted by atomic mass is 9.87. The molecule has 0 saturated heterocycles. The van der Waals surface area contributed by atoms with E-state index in [1.54, 1.807) is 0 Å². The number of hydrogen-bond acceptors (Lipinski definition) is 9. The molecular formula is C12H2N8O. The summed E-state index contributed by atoms with van der Waals surface area (Å²) in [4.78, 5) is 0. The van der Waals surface area contributed by atoms with Crippen molar-refractivity contribution in [3.05, 3.63) is 0 Å². The van der Waals surface area contributed by atoms with Crippen LogP contribution in [0.4, 0.5) is 0 Å². The Kier molecular flexibility index (Phi) is 5.40. The number of nitriles is 8. The number of rotatable bonds is 4. The minimum Gasteiger partial charge on any atom is -0.309 e. The molecule has 9 heteroatoms. The number of ether oxygens (including phenoxy) is 1. The predicted octanol–water partition coefficient (Wildman–Crippen LogP) is -0.0984. The van der Waals surface area contributed by atoms with E-state index in [0.29, 0.717) is 0 Å². The van der Waals surface area contributed by atoms with Crippen molar-refractivity contribution in [3.8, 4) is 48.6 Å². The Morgan fingerprint density at radius 1 is 0.524 bits per heavy atom. The topological polar surface area (TPSA) is 200 Å². The number of hydrogen-bond donors (Lipinski definition) is 0. The van der Waals surface area contributed by atoms with Crippen molar-refractivity contribution in [1.29, 1.82) is 42.1 Å². The van der Waals surface area contributed by atoms with Gasteiger partial charge >= 0.3 is 0 Å². The van der Waals surface area contributed by atoms with E-state index in [0.717, 1.165) is 0 Å². The maximum Gasteiger partial charge on any atom is 0.272 e. The van der Waals surface area contributed by atoms with Gasteiger partial charge in [-0.1, -0.05) is 0 Å². The third-order valence-electron chi connectivity index (χ3n) is 2.32. The summed E-state index contributed by atoms with van der Waals surface area (Å²) < 4.78 is 4.78. The van der Waals surface area contributed by atoms with E-state index >= 15 is 0 Å². The highest BCUT2D eigenvalue weighted by molar-refractivity contribution is 5.36. The van der Waals surface area contributed by atoms with Crippen molar-refractivity contribution in [2.75, 3.05) is 0 Å². The fraction of sp³-hybridized carbons (Fsp3) is 0.333. The van der Waals surface area contributed by atoms with Gasteiger partial charge in [-0.15, -0.1) is 0 Å². The van der Waals surface area contributed by atoms with E-state index in [9.17, 15) is 0 Å². The van der Waals surface area contributed by atoms with E-state index < -0.39 is 23.0 Å². The van der Waals surface area contributed by atoms with Crippen LogP contribution in [0.3, 0.4) is 0 Å². The smallest absolute Gasteiger partial charge is 0.272 e. The Labute approximate surface area is 119 Å². The third kappa shape index (κ3) is 2.67. The third-order valence-corrected chi connectivity index (χ3v) is 2.32. The SMILES string of the molecule is N#CC(C#N)C(C#N)(C#N)OC(C#N)(C#N)C(C#N)C#N. The first-order chi connectivity index (χ1) is 9.99. The highest BCUT2D eigenvalue weighted by Crippen LogP contribution is 2.31. The summed E-state index contributed by atoms with van der Waals surface area (Å²) >= 11 is 0. The van der Waals surface area contributed by atoms with Crippen molar-refractivity contribution in [2.24, 2.45) is 11.8 Å². The molecule has 0 N–H and O–H groups in total. The molecule has 0 unspecified atom stereocenters. The predicted molar refractivity (Wildman–Crippen MR) is 58.4 cm³/mol. The van der Waals surface area contributed by atoms with Crippen LogP contribution in [-0.2, 0) is 4.74 Å². The second-order valence-electron chi connectivity index (χ2n) is 3.40. The second-order valence-corrected chi connectivity index (χ2v) is 3.40. The van der Waals surface area contributed by atoms with Crippen molar-refractivity contribution in [3.63, 3.8) is 0 Å². The molecule has 9 nitrogen and oxygen atoms in total. The van der Waals surface area contributed by atoms with Gasteiger partial charge in [0.25, 0.3) is 11.2 Å². The van der Waals surface area contributed by atoms with E-state index in [2.05, 4.69) is 0 Å². The van der Waals surface area contributed by atoms with Gasteiger partial charge in [0, 0.05) is 0 Å². The molecule has 0 aliphatic carbocycles. The minimum absolute atomic E-state index is 1.24. The molecule has 0 aliphatic heterocycles. The summed E-state index contributed by atoms with van der Waals surface area (Å²) in [5, 5.41) is 71.1. The monoisotopic (exact) mass is 274 g/mol. The molecule has 0 radical (unpaired) electrons. The van der Waals surface area contributed by atoms with Gasteiger partial charge in [0.2, 0.25) is 0 Å². The van der Waals surface area contributed by atoms with Crippen molar-refractivity contribution in [1.82, 2.24) is 0 Å². The Morgan fingerprint density at radius 2 is 0.762 bits per heavy atom. The standard InChI is InChI=1S/C12H2N8O/c13-1-9(2-14)11(5-17,6-18)21-12(7-19,8-20)10(3-15)4-16/h9-10H. The quantitative estimate of drug-likeness (QED) is 0.670. The van der Waals surface area contributed by atoms with E-state index in [-0.39, 0.29) is 0 Å². The summed E-state index contributed by atoms with van der Waals surface area (Å²) in [6, 6.07) is 10.3. The summed E-state index contributed by atoms with van der Waals surface area (Å²) in [5.74, 6) is -3.90. The average molecular weight is 274 g/mol. The molecule has 0 spiro atoms. The number of nitrogens with zero attached hydrogens (tertiary/aromatic N) is 8. The molecule has 0 aromatic carbocycles. The second kappa shape index (κ2) is 6.72. The lowest BCUT2D eigenvalue weighted by Crippen LogP contribution is -2.49. The fourth-order valence-electron chi connectivity index (χ4n) is 1.19. The molecule has 0 aromatic rings. The van der Waals surface area contributed by atoms with Crippen LogP contribution in [0.15, 0.2) is 0 Å². The first-order valence-electron chi connectivity index (χ1n) is 4.93. The largest absolute Gasteiger partial charge is 0.309 e. The van der Waals surface area contributed by atoms with Gasteiger partial charge in [-0.25, -0.2) is 0 Å². The van der Waals surface area contributed by atoms with E-state index in [1.165, 1.54) is 48.6 Å². The first-order valence-corrected chi connectivity index (χ1v) is 4.93. The van der Waals surface area contributed by atoms with Crippen LogP contribution >= 0.6 is 0 Å². The summed E-state index contributed by atoms with van der Waals surface area (Å²) in [6.45, 7) is 0. The zero-order chi connectivity index (χ0) is 16.5. The molecule has 0 rings (SSSR count). The van der Waals surface area contributed by atoms with Crippen molar-refractivity contribution >= 4 is 0 Å². The normalized spacial score (nSPS) is 9.62. The Balaban J connectivity index is 6.24. The van der Waals surface area contributed by atoms with Gasteiger partial charge in [-0.05, 0) is 0 Å². The lowest BCUT2D eigenvalue weighted by molar-refractivity contribution is -0.0579. The Bertz CT molecular complexity index is 636. The maximum atomic E-state index is 9.01. The Morgan fingerprint density at radius 3 is 0.905 bits per heavy atom. The van der Waals surface area contributed by atoms with Crippen LogP contribution in [0.2, 0.25) is 0 Å². The van der Waals surface area contributed by atoms with Gasteiger partial charge in [0.05, 0.1) is 24.3 Å². The minimum atomic E-state index is -2.79. The molecule has 21 heavy (non-hydrogen) atoms. The molecule has 0 saturated carbocycles. The summed E-state index contributed by atoms with van der Waals surface area (Å²) in [7, 11) is 0. The van der Waals surface area contributed by atoms with Crippen molar-refractivity contribution < 1.29 is 4.74 Å². The van der Waals surface area contributed by atoms with Crippen LogP contribution in [-0.4, -0.2) is 11.2 Å². The molecule has 0 aromatic heterocycles. The molecule has 0 fully saturated rings. The van der Waals surface area contributed by atoms with Gasteiger partial charge in [-0.2, -0.15) is 42.1 Å². The van der Waals surface area contributed by atoms with Gasteiger partial charge < -0.3 is 4.74 Å². The molecule has 0 atom stereocenters. The fourth-order valence-corrected chi connectivity index (χ4v) is 1.19. The first kappa shape index (κ1) is 16.9. The van der Waals surface area contributed by atoms with Gasteiger partial charge in [-0.3, -0.25) is 0 Å². The van der Waals surface area contributed by atoms with Gasteiger partial charge in [0.1, 0.15) is 24.3 Å². The molecule has 0 bridgehead atoms. The average Bonchev–Trinajstić information content (AvgIpc) is 2.54. The molecule has 0 heterocycles. The van der Waals surface area contributed by atoms with E-state index in [4.69, 9.17) is 46.8 Å². The van der Waals surface area contributed by atoms with E-state index in [1.807, 2.05) is 0 Å². The van der Waals surface area contributed by atoms with Crippen LogP contribution in [0.1, 0.15) is 0 Å². The van der Waals surface area contributed by atoms with Crippen LogP contribution in [0.25, 0.3) is 0 Å². The lowest BCUT2D eigenvalue weighted by Gasteiger charge is -2.28. The van der Waals surface area contributed by atoms with Crippen LogP contribution < -0.4 is 0 Å². The van der Waals surface area contributed by atoms with Crippen LogP contribution in [0, 0.1) is 102 Å². The molecule has 0 amide bonds. The maximum absolute atomic E-state index is 9.01. The molecule has 96 valence electrons. The summed E-state index contributed by atoms with van der Waals surface area (Å²) in [5.41, 5.74) is -5.58. The highest BCUT2D eigenvalue weighted by Gasteiger charge is 2.54. The molecule has 0 aliphatic rings. The van der Waals surface area contributed by atoms with Crippen LogP contribution in [0.5, 0.6) is 0 Å². The zero-order valence-corrected chi connectivity index (χ0v) is 10.1. The van der Waals surface area contributed by atoms with Gasteiger partial charge in [0.15, 0.2) is 11.8 Å². The summed E-state index contributed by atoms with van der Waals surface area (Å²) in [6.07, 6.45) is 0.